The summed E-state index contributed by atoms with van der Waals surface area (Å²) in [6.45, 7) is 2.09. The molecule has 1 amide bonds. The van der Waals surface area contributed by atoms with Crippen LogP contribution in [0.25, 0.3) is 0 Å². The van der Waals surface area contributed by atoms with Gasteiger partial charge in [0.15, 0.2) is 6.04 Å². The Labute approximate surface area is 161 Å². The molecule has 0 saturated carbocycles. The van der Waals surface area contributed by atoms with Crippen LogP contribution in [-0.4, -0.2) is 24.9 Å². The van der Waals surface area contributed by atoms with Crippen molar-refractivity contribution in [1.29, 1.82) is 0 Å². The van der Waals surface area contributed by atoms with Gasteiger partial charge in [-0.2, -0.15) is 0 Å². The van der Waals surface area contributed by atoms with Gasteiger partial charge in [0, 0.05) is 30.8 Å². The number of quaternary nitrogens is 1. The number of amides is 1. The lowest BCUT2D eigenvalue weighted by molar-refractivity contribution is -0.714. The zero-order valence-corrected chi connectivity index (χ0v) is 16.2. The number of likely N-dealkylation sites (N-methyl/N-ethyl adjacent to an activating group) is 1. The van der Waals surface area contributed by atoms with Crippen LogP contribution in [0.15, 0.2) is 84.9 Å². The van der Waals surface area contributed by atoms with Gasteiger partial charge in [-0.15, -0.1) is 0 Å². The molecule has 0 aliphatic carbocycles. The molecule has 2 N–H and O–H groups in total. The molecule has 0 heterocycles. The van der Waals surface area contributed by atoms with E-state index in [0.29, 0.717) is 0 Å². The Balaban J connectivity index is 2.02. The van der Waals surface area contributed by atoms with Crippen molar-refractivity contribution in [3.63, 3.8) is 0 Å². The molecule has 3 heteroatoms. The fraction of sp³-hybridized carbons (Fsp3) is 0.208. The second kappa shape index (κ2) is 8.65. The quantitative estimate of drug-likeness (QED) is 0.719. The Bertz CT molecular complexity index is 858. The van der Waals surface area contributed by atoms with E-state index < -0.39 is 0 Å². The first kappa shape index (κ1) is 18.9. The van der Waals surface area contributed by atoms with Crippen LogP contribution in [0.4, 0.5) is 0 Å². The SMILES string of the molecule is Cc1ccc([C@H]([NH2+][C@@H](C(=O)N(C)C)c2ccccc2)c2ccccc2)cc1. The lowest BCUT2D eigenvalue weighted by Gasteiger charge is -2.25. The van der Waals surface area contributed by atoms with Crippen molar-refractivity contribution in [2.24, 2.45) is 0 Å². The van der Waals surface area contributed by atoms with Crippen LogP contribution >= 0.6 is 0 Å². The summed E-state index contributed by atoms with van der Waals surface area (Å²) in [4.78, 5) is 14.7. The Morgan fingerprint density at radius 2 is 1.22 bits per heavy atom. The minimum absolute atomic E-state index is 0.0425. The highest BCUT2D eigenvalue weighted by molar-refractivity contribution is 5.81. The van der Waals surface area contributed by atoms with E-state index in [4.69, 9.17) is 0 Å². The lowest BCUT2D eigenvalue weighted by Crippen LogP contribution is -2.88. The third kappa shape index (κ3) is 4.63. The minimum atomic E-state index is -0.298. The average molecular weight is 359 g/mol. The van der Waals surface area contributed by atoms with Crippen LogP contribution in [0.1, 0.15) is 34.3 Å². The van der Waals surface area contributed by atoms with Gasteiger partial charge in [-0.25, -0.2) is 0 Å². The zero-order chi connectivity index (χ0) is 19.2. The van der Waals surface area contributed by atoms with E-state index in [-0.39, 0.29) is 18.0 Å². The average Bonchev–Trinajstić information content (AvgIpc) is 2.70. The summed E-state index contributed by atoms with van der Waals surface area (Å²) < 4.78 is 0. The van der Waals surface area contributed by atoms with Crippen molar-refractivity contribution < 1.29 is 10.1 Å². The minimum Gasteiger partial charge on any atom is -0.343 e. The first-order chi connectivity index (χ1) is 13.1. The molecule has 0 radical (unpaired) electrons. The van der Waals surface area contributed by atoms with Crippen molar-refractivity contribution in [3.05, 3.63) is 107 Å². The molecule has 2 atom stereocenters. The van der Waals surface area contributed by atoms with Crippen molar-refractivity contribution in [1.82, 2.24) is 4.90 Å². The molecule has 0 saturated heterocycles. The molecule has 0 aliphatic rings. The molecule has 0 unspecified atom stereocenters. The number of carbonyl (C=O) groups excluding carboxylic acids is 1. The predicted octanol–water partition coefficient (Wildman–Crippen LogP) is 3.48. The fourth-order valence-electron chi connectivity index (χ4n) is 3.32. The van der Waals surface area contributed by atoms with Gasteiger partial charge in [0.25, 0.3) is 5.91 Å². The highest BCUT2D eigenvalue weighted by Crippen LogP contribution is 2.21. The summed E-state index contributed by atoms with van der Waals surface area (Å²) >= 11 is 0. The van der Waals surface area contributed by atoms with E-state index in [2.05, 4.69) is 60.8 Å². The van der Waals surface area contributed by atoms with Gasteiger partial charge in [-0.05, 0) is 6.92 Å². The highest BCUT2D eigenvalue weighted by Gasteiger charge is 2.30. The molecular weight excluding hydrogens is 332 g/mol. The molecule has 0 bridgehead atoms. The Morgan fingerprint density at radius 1 is 0.741 bits per heavy atom. The molecule has 138 valence electrons. The van der Waals surface area contributed by atoms with E-state index >= 15 is 0 Å². The molecule has 0 aliphatic heterocycles. The van der Waals surface area contributed by atoms with E-state index in [1.807, 2.05) is 50.5 Å². The van der Waals surface area contributed by atoms with Crippen LogP contribution in [0, 0.1) is 6.92 Å². The summed E-state index contributed by atoms with van der Waals surface area (Å²) in [6, 6.07) is 28.7. The molecule has 3 aromatic rings. The third-order valence-corrected chi connectivity index (χ3v) is 4.85. The lowest BCUT2D eigenvalue weighted by atomic mass is 9.95. The number of rotatable bonds is 6. The number of nitrogens with zero attached hydrogens (tertiary/aromatic N) is 1. The smallest absolute Gasteiger partial charge is 0.285 e. The fourth-order valence-corrected chi connectivity index (χ4v) is 3.32. The van der Waals surface area contributed by atoms with Crippen molar-refractivity contribution >= 4 is 5.91 Å². The van der Waals surface area contributed by atoms with Crippen LogP contribution in [0.5, 0.6) is 0 Å². The number of hydrogen-bond acceptors (Lipinski definition) is 1. The summed E-state index contributed by atoms with van der Waals surface area (Å²) in [6.07, 6.45) is 0. The molecule has 0 spiro atoms. The highest BCUT2D eigenvalue weighted by atomic mass is 16.2. The zero-order valence-electron chi connectivity index (χ0n) is 16.2. The van der Waals surface area contributed by atoms with Gasteiger partial charge in [0.05, 0.1) is 0 Å². The predicted molar refractivity (Wildman–Crippen MR) is 109 cm³/mol. The summed E-state index contributed by atoms with van der Waals surface area (Å²) in [5, 5.41) is 2.18. The number of benzene rings is 3. The number of carbonyl (C=O) groups is 1. The molecule has 3 aromatic carbocycles. The molecular formula is C24H27N2O+. The summed E-state index contributed by atoms with van der Waals surface area (Å²) in [7, 11) is 3.63. The maximum absolute atomic E-state index is 13.0. The standard InChI is InChI=1S/C24H26N2O/c1-18-14-16-21(17-15-18)22(19-10-6-4-7-11-19)25-23(24(27)26(2)3)20-12-8-5-9-13-20/h4-17,22-23,25H,1-3H3/p+1/t22-,23-/m1/s1. The first-order valence-corrected chi connectivity index (χ1v) is 9.29. The molecule has 0 aromatic heterocycles. The molecule has 3 nitrogen and oxygen atoms in total. The Kier molecular flexibility index (Phi) is 6.05. The van der Waals surface area contributed by atoms with Gasteiger partial charge in [0.1, 0.15) is 6.04 Å². The van der Waals surface area contributed by atoms with Crippen molar-refractivity contribution in [2.45, 2.75) is 19.0 Å². The number of nitrogens with two attached hydrogens (primary N) is 1. The monoisotopic (exact) mass is 359 g/mol. The van der Waals surface area contributed by atoms with Crippen LogP contribution in [0.3, 0.4) is 0 Å². The maximum atomic E-state index is 13.0. The van der Waals surface area contributed by atoms with Crippen LogP contribution < -0.4 is 5.32 Å². The summed E-state index contributed by atoms with van der Waals surface area (Å²) in [5.74, 6) is 0.0919. The van der Waals surface area contributed by atoms with Gasteiger partial charge in [-0.3, -0.25) is 4.79 Å². The number of aryl methyl sites for hydroxylation is 1. The second-order valence-corrected chi connectivity index (χ2v) is 7.11. The van der Waals surface area contributed by atoms with Gasteiger partial charge >= 0.3 is 0 Å². The first-order valence-electron chi connectivity index (χ1n) is 9.29. The van der Waals surface area contributed by atoms with E-state index in [1.165, 1.54) is 16.7 Å². The van der Waals surface area contributed by atoms with Crippen molar-refractivity contribution in [2.75, 3.05) is 14.1 Å². The molecule has 3 rings (SSSR count). The molecule has 27 heavy (non-hydrogen) atoms. The van der Waals surface area contributed by atoms with E-state index in [1.54, 1.807) is 4.90 Å². The maximum Gasteiger partial charge on any atom is 0.285 e. The van der Waals surface area contributed by atoms with E-state index in [0.717, 1.165) is 5.56 Å². The van der Waals surface area contributed by atoms with E-state index in [9.17, 15) is 4.79 Å². The van der Waals surface area contributed by atoms with Crippen LogP contribution in [-0.2, 0) is 4.79 Å². The van der Waals surface area contributed by atoms with Gasteiger partial charge in [0.2, 0.25) is 0 Å². The third-order valence-electron chi connectivity index (χ3n) is 4.85. The van der Waals surface area contributed by atoms with Crippen molar-refractivity contribution in [3.8, 4) is 0 Å². The van der Waals surface area contributed by atoms with Gasteiger partial charge in [-0.1, -0.05) is 90.5 Å². The Hall–Kier alpha value is -2.91. The summed E-state index contributed by atoms with van der Waals surface area (Å²) in [5.41, 5.74) is 4.63. The van der Waals surface area contributed by atoms with Crippen LogP contribution in [0.2, 0.25) is 0 Å². The largest absolute Gasteiger partial charge is 0.343 e. The number of hydrogen-bond donors (Lipinski definition) is 1. The van der Waals surface area contributed by atoms with Gasteiger partial charge < -0.3 is 10.2 Å². The topological polar surface area (TPSA) is 36.9 Å². The normalized spacial score (nSPS) is 13.0. The Morgan fingerprint density at radius 3 is 1.74 bits per heavy atom. The second-order valence-electron chi connectivity index (χ2n) is 7.11. The molecule has 0 fully saturated rings.